The molecule has 1 saturated heterocycles. The number of piperidine rings is 1. The molecule has 1 aliphatic carbocycles. The monoisotopic (exact) mass is 414 g/mol. The molecule has 0 unspecified atom stereocenters. The maximum atomic E-state index is 13.1. The molecule has 0 aromatic heterocycles. The molecule has 0 bridgehead atoms. The minimum absolute atomic E-state index is 0. The van der Waals surface area contributed by atoms with E-state index in [-0.39, 0.29) is 29.1 Å². The zero-order valence-corrected chi connectivity index (χ0v) is 16.8. The number of benzene rings is 1. The van der Waals surface area contributed by atoms with Crippen LogP contribution in [-0.4, -0.2) is 25.5 Å². The van der Waals surface area contributed by atoms with Gasteiger partial charge in [-0.05, 0) is 61.9 Å². The Morgan fingerprint density at radius 2 is 1.71 bits per heavy atom. The summed E-state index contributed by atoms with van der Waals surface area (Å²) in [5.41, 5.74) is 1.09. The van der Waals surface area contributed by atoms with Crippen LogP contribution in [-0.2, 0) is 10.2 Å². The third-order valence-corrected chi connectivity index (χ3v) is 6.30. The third-order valence-electron chi connectivity index (χ3n) is 5.77. The Morgan fingerprint density at radius 1 is 1.12 bits per heavy atom. The number of carbonyl (C=O) groups is 1. The van der Waals surface area contributed by atoms with Crippen molar-refractivity contribution < 1.29 is 4.79 Å². The molecular weight excluding hydrogens is 388 g/mol. The van der Waals surface area contributed by atoms with Gasteiger partial charge in [0.05, 0.1) is 5.41 Å². The Morgan fingerprint density at radius 3 is 2.29 bits per heavy atom. The number of hydrogen-bond acceptors (Lipinski definition) is 2. The average Bonchev–Trinajstić information content (AvgIpc) is 3.05. The lowest BCUT2D eigenvalue weighted by atomic mass is 9.77. The van der Waals surface area contributed by atoms with E-state index in [0.717, 1.165) is 62.6 Å². The van der Waals surface area contributed by atoms with Crippen LogP contribution in [0.1, 0.15) is 51.0 Å². The SMILES string of the molecule is CC1(CNC(=O)C2(c3ccc(Br)cc3)CCCC2)CCNCC1.Cl. The van der Waals surface area contributed by atoms with Crippen molar-refractivity contribution in [1.29, 1.82) is 0 Å². The summed E-state index contributed by atoms with van der Waals surface area (Å²) in [7, 11) is 0. The van der Waals surface area contributed by atoms with Gasteiger partial charge >= 0.3 is 0 Å². The number of nitrogens with one attached hydrogen (secondary N) is 2. The highest BCUT2D eigenvalue weighted by molar-refractivity contribution is 9.10. The molecule has 3 nitrogen and oxygen atoms in total. The Hall–Kier alpha value is -0.580. The molecule has 1 amide bonds. The fourth-order valence-corrected chi connectivity index (χ4v) is 4.33. The molecule has 1 saturated carbocycles. The number of halogens is 2. The Balaban J connectivity index is 0.00000208. The summed E-state index contributed by atoms with van der Waals surface area (Å²) >= 11 is 3.49. The summed E-state index contributed by atoms with van der Waals surface area (Å²) < 4.78 is 1.07. The fraction of sp³-hybridized carbons (Fsp3) is 0.632. The van der Waals surface area contributed by atoms with E-state index in [1.807, 2.05) is 0 Å². The summed E-state index contributed by atoms with van der Waals surface area (Å²) in [4.78, 5) is 13.1. The maximum absolute atomic E-state index is 13.1. The van der Waals surface area contributed by atoms with Crippen molar-refractivity contribution in [3.05, 3.63) is 34.3 Å². The predicted molar refractivity (Wildman–Crippen MR) is 105 cm³/mol. The molecule has 1 heterocycles. The summed E-state index contributed by atoms with van der Waals surface area (Å²) in [5, 5.41) is 6.71. The molecule has 134 valence electrons. The van der Waals surface area contributed by atoms with Crippen LogP contribution in [0.25, 0.3) is 0 Å². The van der Waals surface area contributed by atoms with Crippen LogP contribution in [0.3, 0.4) is 0 Å². The van der Waals surface area contributed by atoms with Gasteiger partial charge in [-0.3, -0.25) is 4.79 Å². The van der Waals surface area contributed by atoms with Crippen LogP contribution in [0.2, 0.25) is 0 Å². The Labute approximate surface area is 159 Å². The van der Waals surface area contributed by atoms with Gasteiger partial charge in [0.15, 0.2) is 0 Å². The van der Waals surface area contributed by atoms with Gasteiger partial charge < -0.3 is 10.6 Å². The molecule has 2 N–H and O–H groups in total. The van der Waals surface area contributed by atoms with Crippen molar-refractivity contribution in [3.63, 3.8) is 0 Å². The van der Waals surface area contributed by atoms with E-state index in [4.69, 9.17) is 0 Å². The van der Waals surface area contributed by atoms with E-state index >= 15 is 0 Å². The van der Waals surface area contributed by atoms with Crippen LogP contribution < -0.4 is 10.6 Å². The minimum Gasteiger partial charge on any atom is -0.355 e. The van der Waals surface area contributed by atoms with E-state index in [9.17, 15) is 4.79 Å². The summed E-state index contributed by atoms with van der Waals surface area (Å²) in [6.45, 7) is 5.22. The molecular formula is C19H28BrClN2O. The van der Waals surface area contributed by atoms with Crippen molar-refractivity contribution in [2.75, 3.05) is 19.6 Å². The second kappa shape index (κ2) is 8.20. The molecule has 3 rings (SSSR count). The topological polar surface area (TPSA) is 41.1 Å². The first-order valence-corrected chi connectivity index (χ1v) is 9.59. The van der Waals surface area contributed by atoms with Gasteiger partial charge in [-0.25, -0.2) is 0 Å². The normalized spacial score (nSPS) is 21.8. The van der Waals surface area contributed by atoms with E-state index in [0.29, 0.717) is 0 Å². The zero-order chi connectivity index (χ0) is 16.3. The zero-order valence-electron chi connectivity index (χ0n) is 14.4. The molecule has 2 fully saturated rings. The number of hydrogen-bond donors (Lipinski definition) is 2. The highest BCUT2D eigenvalue weighted by Gasteiger charge is 2.43. The standard InChI is InChI=1S/C19H27BrN2O.ClH/c1-18(10-12-21-13-11-18)14-22-17(23)19(8-2-3-9-19)15-4-6-16(20)7-5-15;/h4-7,21H,2-3,8-14H2,1H3,(H,22,23);1H. The lowest BCUT2D eigenvalue weighted by molar-refractivity contribution is -0.127. The first-order valence-electron chi connectivity index (χ1n) is 8.79. The van der Waals surface area contributed by atoms with Gasteiger partial charge in [0.2, 0.25) is 5.91 Å². The highest BCUT2D eigenvalue weighted by Crippen LogP contribution is 2.42. The quantitative estimate of drug-likeness (QED) is 0.774. The third kappa shape index (κ3) is 4.14. The number of rotatable bonds is 4. The van der Waals surface area contributed by atoms with Crippen molar-refractivity contribution >= 4 is 34.2 Å². The number of carbonyl (C=O) groups excluding carboxylic acids is 1. The second-order valence-electron chi connectivity index (χ2n) is 7.54. The molecule has 0 atom stereocenters. The van der Waals surface area contributed by atoms with E-state index < -0.39 is 0 Å². The van der Waals surface area contributed by atoms with E-state index in [2.05, 4.69) is 57.8 Å². The first kappa shape index (κ1) is 19.7. The fourth-order valence-electron chi connectivity index (χ4n) is 4.06. The van der Waals surface area contributed by atoms with Crippen LogP contribution in [0.5, 0.6) is 0 Å². The number of amides is 1. The molecule has 5 heteroatoms. The summed E-state index contributed by atoms with van der Waals surface area (Å²) in [6, 6.07) is 8.33. The van der Waals surface area contributed by atoms with Gasteiger partial charge in [0.25, 0.3) is 0 Å². The molecule has 1 aliphatic heterocycles. The largest absolute Gasteiger partial charge is 0.355 e. The van der Waals surface area contributed by atoms with Gasteiger partial charge in [-0.15, -0.1) is 12.4 Å². The van der Waals surface area contributed by atoms with Crippen LogP contribution in [0, 0.1) is 5.41 Å². The molecule has 2 aliphatic rings. The van der Waals surface area contributed by atoms with E-state index in [1.54, 1.807) is 0 Å². The van der Waals surface area contributed by atoms with Gasteiger partial charge in [0.1, 0.15) is 0 Å². The van der Waals surface area contributed by atoms with Gasteiger partial charge in [-0.1, -0.05) is 47.8 Å². The Kier molecular flexibility index (Phi) is 6.74. The Bertz CT molecular complexity index is 549. The highest BCUT2D eigenvalue weighted by atomic mass is 79.9. The first-order chi connectivity index (χ1) is 11.0. The average molecular weight is 416 g/mol. The van der Waals surface area contributed by atoms with Gasteiger partial charge in [0, 0.05) is 11.0 Å². The van der Waals surface area contributed by atoms with Crippen molar-refractivity contribution in [2.24, 2.45) is 5.41 Å². The molecule has 24 heavy (non-hydrogen) atoms. The summed E-state index contributed by atoms with van der Waals surface area (Å²) in [5.74, 6) is 0.233. The predicted octanol–water partition coefficient (Wildman–Crippen LogP) is 4.19. The van der Waals surface area contributed by atoms with Crippen LogP contribution >= 0.6 is 28.3 Å². The van der Waals surface area contributed by atoms with Gasteiger partial charge in [-0.2, -0.15) is 0 Å². The molecule has 1 aromatic carbocycles. The van der Waals surface area contributed by atoms with Crippen molar-refractivity contribution in [3.8, 4) is 0 Å². The molecule has 0 spiro atoms. The minimum atomic E-state index is -0.315. The second-order valence-corrected chi connectivity index (χ2v) is 8.46. The molecule has 0 radical (unpaired) electrons. The molecule has 1 aromatic rings. The lowest BCUT2D eigenvalue weighted by Gasteiger charge is -2.36. The van der Waals surface area contributed by atoms with Crippen molar-refractivity contribution in [1.82, 2.24) is 10.6 Å². The lowest BCUT2D eigenvalue weighted by Crippen LogP contribution is -2.48. The summed E-state index contributed by atoms with van der Waals surface area (Å²) in [6.07, 6.45) is 6.50. The van der Waals surface area contributed by atoms with Crippen LogP contribution in [0.4, 0.5) is 0 Å². The van der Waals surface area contributed by atoms with Crippen LogP contribution in [0.15, 0.2) is 28.7 Å². The smallest absolute Gasteiger partial charge is 0.230 e. The van der Waals surface area contributed by atoms with Crippen molar-refractivity contribution in [2.45, 2.75) is 50.9 Å². The van der Waals surface area contributed by atoms with E-state index in [1.165, 1.54) is 5.56 Å². The maximum Gasteiger partial charge on any atom is 0.230 e.